The number of fused-ring (bicyclic) bond motifs is 1. The number of ether oxygens (including phenoxy) is 1. The molecule has 0 bridgehead atoms. The fraction of sp³-hybridized carbons (Fsp3) is 0.500. The van der Waals surface area contributed by atoms with Crippen LogP contribution in [-0.4, -0.2) is 29.2 Å². The van der Waals surface area contributed by atoms with Crippen molar-refractivity contribution >= 4 is 5.71 Å². The number of hydrogen-bond donors (Lipinski definition) is 2. The number of aliphatic hydroxyl groups excluding tert-OH is 1. The van der Waals surface area contributed by atoms with Crippen LogP contribution in [0.4, 0.5) is 0 Å². The molecule has 0 aromatic heterocycles. The van der Waals surface area contributed by atoms with E-state index in [9.17, 15) is 0 Å². The molecule has 98 valence electrons. The molecule has 2 rings (SSSR count). The maximum atomic E-state index is 8.99. The molecule has 0 saturated heterocycles. The van der Waals surface area contributed by atoms with Gasteiger partial charge in [-0.1, -0.05) is 11.2 Å². The molecule has 4 heteroatoms. The Morgan fingerprint density at radius 2 is 2.11 bits per heavy atom. The van der Waals surface area contributed by atoms with E-state index in [0.717, 1.165) is 49.1 Å². The van der Waals surface area contributed by atoms with Crippen molar-refractivity contribution in [1.82, 2.24) is 0 Å². The van der Waals surface area contributed by atoms with Crippen molar-refractivity contribution in [3.8, 4) is 5.75 Å². The monoisotopic (exact) mass is 249 g/mol. The number of rotatable bonds is 5. The third-order valence-corrected chi connectivity index (χ3v) is 3.19. The van der Waals surface area contributed by atoms with Crippen LogP contribution in [0.5, 0.6) is 5.75 Å². The third-order valence-electron chi connectivity index (χ3n) is 3.19. The summed E-state index contributed by atoms with van der Waals surface area (Å²) in [7, 11) is 0. The number of nitrogens with zero attached hydrogens (tertiary/aromatic N) is 1. The fourth-order valence-electron chi connectivity index (χ4n) is 2.22. The smallest absolute Gasteiger partial charge is 0.119 e. The van der Waals surface area contributed by atoms with E-state index in [1.807, 2.05) is 18.2 Å². The molecule has 4 nitrogen and oxygen atoms in total. The summed E-state index contributed by atoms with van der Waals surface area (Å²) < 4.78 is 5.62. The summed E-state index contributed by atoms with van der Waals surface area (Å²) in [5.74, 6) is 0.801. The van der Waals surface area contributed by atoms with Crippen LogP contribution in [-0.2, 0) is 6.42 Å². The number of hydrogen-bond acceptors (Lipinski definition) is 4. The minimum absolute atomic E-state index is 0.203. The molecule has 1 aliphatic carbocycles. The predicted octanol–water partition coefficient (Wildman–Crippen LogP) is 2.35. The van der Waals surface area contributed by atoms with Crippen LogP contribution >= 0.6 is 0 Å². The Hall–Kier alpha value is -1.55. The summed E-state index contributed by atoms with van der Waals surface area (Å²) >= 11 is 0. The first-order chi connectivity index (χ1) is 8.85. The number of aliphatic hydroxyl groups is 1. The van der Waals surface area contributed by atoms with Crippen LogP contribution in [0.25, 0.3) is 0 Å². The SMILES string of the molecule is OCCCCOc1ccc2c(c1)/C(=N\O)CCC2. The van der Waals surface area contributed by atoms with Crippen LogP contribution in [0.1, 0.15) is 36.8 Å². The van der Waals surface area contributed by atoms with E-state index in [-0.39, 0.29) is 6.61 Å². The Kier molecular flexibility index (Phi) is 4.59. The summed E-state index contributed by atoms with van der Waals surface area (Å²) in [6.07, 6.45) is 4.47. The third kappa shape index (κ3) is 3.01. The van der Waals surface area contributed by atoms with Gasteiger partial charge in [-0.25, -0.2) is 0 Å². The molecular weight excluding hydrogens is 230 g/mol. The maximum absolute atomic E-state index is 8.99. The van der Waals surface area contributed by atoms with E-state index in [1.165, 1.54) is 5.56 Å². The molecular formula is C14H19NO3. The molecule has 0 aliphatic heterocycles. The van der Waals surface area contributed by atoms with E-state index in [0.29, 0.717) is 6.61 Å². The summed E-state index contributed by atoms with van der Waals surface area (Å²) in [5, 5.41) is 21.1. The standard InChI is InChI=1S/C14H19NO3/c16-8-1-2-9-18-12-7-6-11-4-3-5-14(15-17)13(11)10-12/h6-7,10,16-17H,1-5,8-9H2/b15-14-. The van der Waals surface area contributed by atoms with Gasteiger partial charge in [-0.3, -0.25) is 0 Å². The first-order valence-electron chi connectivity index (χ1n) is 6.43. The molecule has 0 radical (unpaired) electrons. The van der Waals surface area contributed by atoms with Gasteiger partial charge in [0.05, 0.1) is 12.3 Å². The van der Waals surface area contributed by atoms with Crippen LogP contribution in [0.2, 0.25) is 0 Å². The van der Waals surface area contributed by atoms with E-state index >= 15 is 0 Å². The van der Waals surface area contributed by atoms with Gasteiger partial charge in [-0.05, 0) is 49.8 Å². The van der Waals surface area contributed by atoms with Crippen molar-refractivity contribution in [3.05, 3.63) is 29.3 Å². The second kappa shape index (κ2) is 6.40. The highest BCUT2D eigenvalue weighted by Crippen LogP contribution is 2.26. The van der Waals surface area contributed by atoms with Crippen molar-refractivity contribution in [1.29, 1.82) is 0 Å². The number of unbranched alkanes of at least 4 members (excludes halogenated alkanes) is 1. The Morgan fingerprint density at radius 1 is 1.22 bits per heavy atom. The van der Waals surface area contributed by atoms with Crippen LogP contribution < -0.4 is 4.74 Å². The Bertz CT molecular complexity index is 429. The zero-order valence-electron chi connectivity index (χ0n) is 10.4. The Labute approximate surface area is 107 Å². The second-order valence-electron chi connectivity index (χ2n) is 4.50. The van der Waals surface area contributed by atoms with Gasteiger partial charge in [0, 0.05) is 12.2 Å². The van der Waals surface area contributed by atoms with Gasteiger partial charge in [0.25, 0.3) is 0 Å². The molecule has 0 saturated carbocycles. The van der Waals surface area contributed by atoms with E-state index in [1.54, 1.807) is 0 Å². The van der Waals surface area contributed by atoms with Gasteiger partial charge in [-0.15, -0.1) is 0 Å². The number of aryl methyl sites for hydroxylation is 1. The van der Waals surface area contributed by atoms with Crippen molar-refractivity contribution in [3.63, 3.8) is 0 Å². The summed E-state index contributed by atoms with van der Waals surface area (Å²) in [6.45, 7) is 0.805. The first kappa shape index (κ1) is 12.9. The zero-order valence-corrected chi connectivity index (χ0v) is 10.4. The zero-order chi connectivity index (χ0) is 12.8. The van der Waals surface area contributed by atoms with Gasteiger partial charge in [0.15, 0.2) is 0 Å². The summed E-state index contributed by atoms with van der Waals surface area (Å²) in [6, 6.07) is 5.95. The molecule has 0 spiro atoms. The topological polar surface area (TPSA) is 62.0 Å². The van der Waals surface area contributed by atoms with Gasteiger partial charge in [0.1, 0.15) is 5.75 Å². The summed E-state index contributed by atoms with van der Waals surface area (Å²) in [5.41, 5.74) is 2.97. The highest BCUT2D eigenvalue weighted by Gasteiger charge is 2.16. The lowest BCUT2D eigenvalue weighted by Crippen LogP contribution is -2.12. The van der Waals surface area contributed by atoms with Crippen LogP contribution in [0, 0.1) is 0 Å². The highest BCUT2D eigenvalue weighted by atomic mass is 16.5. The second-order valence-corrected chi connectivity index (χ2v) is 4.50. The van der Waals surface area contributed by atoms with E-state index in [4.69, 9.17) is 15.1 Å². The highest BCUT2D eigenvalue weighted by molar-refractivity contribution is 6.02. The van der Waals surface area contributed by atoms with Gasteiger partial charge < -0.3 is 15.1 Å². The maximum Gasteiger partial charge on any atom is 0.119 e. The van der Waals surface area contributed by atoms with E-state index < -0.39 is 0 Å². The van der Waals surface area contributed by atoms with Crippen molar-refractivity contribution in [2.45, 2.75) is 32.1 Å². The molecule has 18 heavy (non-hydrogen) atoms. The predicted molar refractivity (Wildman–Crippen MR) is 69.5 cm³/mol. The normalized spacial score (nSPS) is 16.6. The van der Waals surface area contributed by atoms with Crippen molar-refractivity contribution in [2.75, 3.05) is 13.2 Å². The van der Waals surface area contributed by atoms with Crippen LogP contribution in [0.15, 0.2) is 23.4 Å². The Balaban J connectivity index is 2.06. The van der Waals surface area contributed by atoms with Crippen molar-refractivity contribution in [2.24, 2.45) is 5.16 Å². The van der Waals surface area contributed by atoms with Gasteiger partial charge in [0.2, 0.25) is 0 Å². The molecule has 0 fully saturated rings. The average Bonchev–Trinajstić information content (AvgIpc) is 2.43. The number of oxime groups is 1. The first-order valence-corrected chi connectivity index (χ1v) is 6.43. The van der Waals surface area contributed by atoms with Gasteiger partial charge in [-0.2, -0.15) is 0 Å². The quantitative estimate of drug-likeness (QED) is 0.478. The van der Waals surface area contributed by atoms with E-state index in [2.05, 4.69) is 5.16 Å². The lowest BCUT2D eigenvalue weighted by Gasteiger charge is -2.17. The van der Waals surface area contributed by atoms with Crippen molar-refractivity contribution < 1.29 is 15.1 Å². The minimum Gasteiger partial charge on any atom is -0.494 e. The molecule has 1 aromatic carbocycles. The fourth-order valence-corrected chi connectivity index (χ4v) is 2.22. The number of benzene rings is 1. The molecule has 0 amide bonds. The Morgan fingerprint density at radius 3 is 2.89 bits per heavy atom. The molecule has 0 atom stereocenters. The molecule has 0 unspecified atom stereocenters. The molecule has 0 heterocycles. The lowest BCUT2D eigenvalue weighted by atomic mass is 9.90. The van der Waals surface area contributed by atoms with Gasteiger partial charge >= 0.3 is 0 Å². The average molecular weight is 249 g/mol. The lowest BCUT2D eigenvalue weighted by molar-refractivity contribution is 0.253. The molecule has 1 aromatic rings. The summed E-state index contributed by atoms with van der Waals surface area (Å²) in [4.78, 5) is 0. The molecule has 2 N–H and O–H groups in total. The molecule has 1 aliphatic rings. The largest absolute Gasteiger partial charge is 0.494 e. The minimum atomic E-state index is 0.203. The van der Waals surface area contributed by atoms with Crippen LogP contribution in [0.3, 0.4) is 0 Å².